The molecule has 1 aromatic rings. The van der Waals surface area contributed by atoms with Gasteiger partial charge in [-0.1, -0.05) is 12.1 Å². The van der Waals surface area contributed by atoms with Crippen molar-refractivity contribution < 1.29 is 18.9 Å². The fourth-order valence-corrected chi connectivity index (χ4v) is 1.34. The van der Waals surface area contributed by atoms with Gasteiger partial charge in [-0.2, -0.15) is 0 Å². The molecule has 0 aliphatic carbocycles. The van der Waals surface area contributed by atoms with E-state index < -0.39 is 0 Å². The monoisotopic (exact) mass is 179 g/mol. The Morgan fingerprint density at radius 1 is 1.14 bits per heavy atom. The van der Waals surface area contributed by atoms with Crippen molar-refractivity contribution in [2.24, 2.45) is 0 Å². The summed E-state index contributed by atoms with van der Waals surface area (Å²) < 4.78 is 0. The van der Waals surface area contributed by atoms with E-state index in [0.717, 1.165) is 18.7 Å². The molecular weight excluding hydrogens is 165 g/mol. The molecule has 0 aliphatic rings. The Balaban J connectivity index is 0.00000169. The summed E-state index contributed by atoms with van der Waals surface area (Å²) in [5.74, 6) is 2.36. The second-order valence-electron chi connectivity index (χ2n) is 2.84. The SMILES string of the molecule is [C-]#Cc1ccc(N(CC)CC)cc1.[Li+]. The van der Waals surface area contributed by atoms with E-state index in [0.29, 0.717) is 0 Å². The summed E-state index contributed by atoms with van der Waals surface area (Å²) in [5, 5.41) is 0. The maximum absolute atomic E-state index is 6.95. The minimum atomic E-state index is 0. The van der Waals surface area contributed by atoms with Crippen LogP contribution in [0, 0.1) is 12.3 Å². The molecule has 2 heteroatoms. The van der Waals surface area contributed by atoms with Gasteiger partial charge in [-0.3, -0.25) is 5.92 Å². The first-order valence-electron chi connectivity index (χ1n) is 4.59. The van der Waals surface area contributed by atoms with Gasteiger partial charge in [-0.25, -0.2) is 0 Å². The molecule has 0 atom stereocenters. The summed E-state index contributed by atoms with van der Waals surface area (Å²) in [6.07, 6.45) is 6.95. The van der Waals surface area contributed by atoms with E-state index in [9.17, 15) is 0 Å². The van der Waals surface area contributed by atoms with Gasteiger partial charge in [0.2, 0.25) is 0 Å². The van der Waals surface area contributed by atoms with Gasteiger partial charge < -0.3 is 11.3 Å². The molecule has 0 spiro atoms. The van der Waals surface area contributed by atoms with Crippen LogP contribution in [0.25, 0.3) is 0 Å². The van der Waals surface area contributed by atoms with Crippen LogP contribution in [0.3, 0.4) is 0 Å². The molecule has 0 saturated carbocycles. The maximum Gasteiger partial charge on any atom is 1.00 e. The van der Waals surface area contributed by atoms with Crippen molar-refractivity contribution in [2.45, 2.75) is 13.8 Å². The number of anilines is 1. The predicted molar refractivity (Wildman–Crippen MR) is 56.2 cm³/mol. The van der Waals surface area contributed by atoms with Gasteiger partial charge in [0.05, 0.1) is 0 Å². The molecule has 0 bridgehead atoms. The van der Waals surface area contributed by atoms with Gasteiger partial charge in [0.15, 0.2) is 0 Å². The molecule has 0 aromatic heterocycles. The van der Waals surface area contributed by atoms with Gasteiger partial charge in [-0.15, -0.1) is 17.7 Å². The molecular formula is C12H14LiN. The predicted octanol–water partition coefficient (Wildman–Crippen LogP) is -0.525. The van der Waals surface area contributed by atoms with Crippen LogP contribution in [0.15, 0.2) is 24.3 Å². The van der Waals surface area contributed by atoms with Crippen molar-refractivity contribution in [2.75, 3.05) is 18.0 Å². The maximum atomic E-state index is 6.95. The summed E-state index contributed by atoms with van der Waals surface area (Å²) in [4.78, 5) is 2.27. The Bertz CT molecular complexity index is 293. The van der Waals surface area contributed by atoms with Gasteiger partial charge in [0.1, 0.15) is 0 Å². The van der Waals surface area contributed by atoms with E-state index in [2.05, 4.69) is 24.7 Å². The van der Waals surface area contributed by atoms with Crippen LogP contribution < -0.4 is 23.8 Å². The summed E-state index contributed by atoms with van der Waals surface area (Å²) in [7, 11) is 0. The molecule has 68 valence electrons. The summed E-state index contributed by atoms with van der Waals surface area (Å²) >= 11 is 0. The van der Waals surface area contributed by atoms with E-state index in [1.807, 2.05) is 24.3 Å². The van der Waals surface area contributed by atoms with Crippen molar-refractivity contribution in [1.29, 1.82) is 0 Å². The fourth-order valence-electron chi connectivity index (χ4n) is 1.34. The normalized spacial score (nSPS) is 8.64. The zero-order valence-electron chi connectivity index (χ0n) is 9.17. The van der Waals surface area contributed by atoms with Crippen LogP contribution >= 0.6 is 0 Å². The van der Waals surface area contributed by atoms with E-state index in [1.165, 1.54) is 5.69 Å². The smallest absolute Gasteiger partial charge is 0.372 e. The fraction of sp³-hybridized carbons (Fsp3) is 0.333. The molecule has 0 aliphatic heterocycles. The van der Waals surface area contributed by atoms with Gasteiger partial charge >= 0.3 is 18.9 Å². The third kappa shape index (κ3) is 3.15. The van der Waals surface area contributed by atoms with Crippen molar-refractivity contribution in [3.63, 3.8) is 0 Å². The zero-order valence-corrected chi connectivity index (χ0v) is 9.17. The first kappa shape index (κ1) is 13.2. The van der Waals surface area contributed by atoms with Crippen molar-refractivity contribution in [3.8, 4) is 5.92 Å². The van der Waals surface area contributed by atoms with Gasteiger partial charge in [-0.05, 0) is 13.8 Å². The van der Waals surface area contributed by atoms with E-state index in [1.54, 1.807) is 0 Å². The van der Waals surface area contributed by atoms with Crippen molar-refractivity contribution >= 4 is 5.69 Å². The van der Waals surface area contributed by atoms with Crippen LogP contribution in [0.4, 0.5) is 5.69 Å². The second-order valence-corrected chi connectivity index (χ2v) is 2.84. The molecule has 0 fully saturated rings. The Morgan fingerprint density at radius 3 is 2.00 bits per heavy atom. The first-order valence-corrected chi connectivity index (χ1v) is 4.59. The molecule has 1 aromatic carbocycles. The third-order valence-corrected chi connectivity index (χ3v) is 2.14. The van der Waals surface area contributed by atoms with Crippen LogP contribution in [-0.2, 0) is 0 Å². The number of rotatable bonds is 3. The number of nitrogens with zero attached hydrogens (tertiary/aromatic N) is 1. The molecule has 0 radical (unpaired) electrons. The van der Waals surface area contributed by atoms with Crippen molar-refractivity contribution in [3.05, 3.63) is 36.3 Å². The number of benzene rings is 1. The Kier molecular flexibility index (Phi) is 6.22. The Hall–Kier alpha value is -0.823. The largest absolute Gasteiger partial charge is 1.00 e. The van der Waals surface area contributed by atoms with E-state index in [4.69, 9.17) is 6.42 Å². The van der Waals surface area contributed by atoms with E-state index >= 15 is 0 Å². The van der Waals surface area contributed by atoms with Crippen LogP contribution in [0.1, 0.15) is 19.4 Å². The molecule has 0 unspecified atom stereocenters. The molecule has 1 nitrogen and oxygen atoms in total. The number of hydrogen-bond donors (Lipinski definition) is 0. The molecule has 14 heavy (non-hydrogen) atoms. The van der Waals surface area contributed by atoms with Crippen LogP contribution in [0.5, 0.6) is 0 Å². The summed E-state index contributed by atoms with van der Waals surface area (Å²) in [6, 6.07) is 7.90. The molecule has 1 rings (SSSR count). The minimum Gasteiger partial charge on any atom is -0.372 e. The zero-order chi connectivity index (χ0) is 9.68. The quantitative estimate of drug-likeness (QED) is 0.343. The molecule has 0 saturated heterocycles. The van der Waals surface area contributed by atoms with Crippen LogP contribution in [0.2, 0.25) is 0 Å². The van der Waals surface area contributed by atoms with Gasteiger partial charge in [0.25, 0.3) is 0 Å². The summed E-state index contributed by atoms with van der Waals surface area (Å²) in [6.45, 7) is 6.31. The summed E-state index contributed by atoms with van der Waals surface area (Å²) in [5.41, 5.74) is 2.04. The Morgan fingerprint density at radius 2 is 1.64 bits per heavy atom. The Labute approximate surface area is 98.7 Å². The topological polar surface area (TPSA) is 3.24 Å². The van der Waals surface area contributed by atoms with Gasteiger partial charge in [0, 0.05) is 18.8 Å². The molecule has 0 heterocycles. The average Bonchev–Trinajstić information content (AvgIpc) is 2.21. The molecule has 0 N–H and O–H groups in total. The standard InChI is InChI=1S/C12H14N.Li/c1-4-11-7-9-12(10-8-11)13(5-2)6-3;/h7-10H,5-6H2,2-3H3;/q-1;+1. The third-order valence-electron chi connectivity index (χ3n) is 2.14. The van der Waals surface area contributed by atoms with Crippen LogP contribution in [-0.4, -0.2) is 13.1 Å². The second kappa shape index (κ2) is 6.60. The average molecular weight is 179 g/mol. The number of hydrogen-bond acceptors (Lipinski definition) is 1. The minimum absolute atomic E-state index is 0. The van der Waals surface area contributed by atoms with Crippen molar-refractivity contribution in [1.82, 2.24) is 0 Å². The first-order chi connectivity index (χ1) is 6.31. The van der Waals surface area contributed by atoms with E-state index in [-0.39, 0.29) is 18.9 Å². The molecule has 0 amide bonds.